The van der Waals surface area contributed by atoms with E-state index in [1.807, 2.05) is 48.4 Å². The number of rotatable bonds is 4. The Labute approximate surface area is 166 Å². The van der Waals surface area contributed by atoms with E-state index >= 15 is 0 Å². The Kier molecular flexibility index (Phi) is 4.61. The molecule has 0 spiro atoms. The van der Waals surface area contributed by atoms with Gasteiger partial charge in [0, 0.05) is 25.0 Å². The summed E-state index contributed by atoms with van der Waals surface area (Å²) in [4.78, 5) is 12.7. The van der Waals surface area contributed by atoms with Gasteiger partial charge >= 0.3 is 0 Å². The second-order valence-electron chi connectivity index (χ2n) is 8.77. The van der Waals surface area contributed by atoms with E-state index in [0.717, 1.165) is 29.7 Å². The minimum atomic E-state index is -0.00673. The molecule has 2 heterocycles. The van der Waals surface area contributed by atoms with Gasteiger partial charge in [-0.15, -0.1) is 0 Å². The van der Waals surface area contributed by atoms with E-state index in [1.54, 1.807) is 0 Å². The van der Waals surface area contributed by atoms with Crippen molar-refractivity contribution in [3.8, 4) is 5.69 Å². The molecule has 1 atom stereocenters. The Morgan fingerprint density at radius 2 is 2.07 bits per heavy atom. The second kappa shape index (κ2) is 6.97. The van der Waals surface area contributed by atoms with Crippen LogP contribution in [0.15, 0.2) is 48.9 Å². The number of carbonyl (C=O) groups is 1. The zero-order chi connectivity index (χ0) is 19.9. The molecule has 3 aromatic rings. The highest BCUT2D eigenvalue weighted by Gasteiger charge is 2.36. The highest BCUT2D eigenvalue weighted by Crippen LogP contribution is 2.41. The van der Waals surface area contributed by atoms with Crippen molar-refractivity contribution in [1.29, 1.82) is 0 Å². The highest BCUT2D eigenvalue weighted by molar-refractivity contribution is 5.79. The van der Waals surface area contributed by atoms with Crippen LogP contribution in [0.5, 0.6) is 0 Å². The van der Waals surface area contributed by atoms with Crippen LogP contribution in [0.4, 0.5) is 0 Å². The predicted molar refractivity (Wildman–Crippen MR) is 110 cm³/mol. The number of aromatic nitrogens is 3. The lowest BCUT2D eigenvalue weighted by molar-refractivity contribution is -0.121. The molecule has 0 radical (unpaired) electrons. The third-order valence-electron chi connectivity index (χ3n) is 5.62. The van der Waals surface area contributed by atoms with Crippen LogP contribution in [0.25, 0.3) is 5.69 Å². The van der Waals surface area contributed by atoms with Crippen LogP contribution in [-0.2, 0) is 24.7 Å². The Morgan fingerprint density at radius 1 is 1.29 bits per heavy atom. The van der Waals surface area contributed by atoms with Crippen molar-refractivity contribution in [3.63, 3.8) is 0 Å². The van der Waals surface area contributed by atoms with Crippen LogP contribution in [0, 0.1) is 12.3 Å². The zero-order valence-electron chi connectivity index (χ0n) is 17.1. The summed E-state index contributed by atoms with van der Waals surface area (Å²) >= 11 is 0. The normalized spacial score (nSPS) is 17.9. The molecule has 2 aromatic heterocycles. The van der Waals surface area contributed by atoms with Gasteiger partial charge in [0.25, 0.3) is 0 Å². The standard InChI is InChI=1S/C23H28N4O/c1-16-7-5-6-8-20(16)27-21-13-23(2,3)12-19(18(21)14-24-27)25-22(28)11-17-9-10-26(4)15-17/h5-10,14-15,19H,11-13H2,1-4H3,(H,25,28). The van der Waals surface area contributed by atoms with E-state index in [1.165, 1.54) is 11.3 Å². The van der Waals surface area contributed by atoms with E-state index < -0.39 is 0 Å². The lowest BCUT2D eigenvalue weighted by atomic mass is 9.74. The first kappa shape index (κ1) is 18.5. The summed E-state index contributed by atoms with van der Waals surface area (Å²) < 4.78 is 4.03. The van der Waals surface area contributed by atoms with Crippen LogP contribution in [0.2, 0.25) is 0 Å². The van der Waals surface area contributed by atoms with Gasteiger partial charge in [0.1, 0.15) is 0 Å². The third kappa shape index (κ3) is 3.61. The Balaban J connectivity index is 1.62. The summed E-state index contributed by atoms with van der Waals surface area (Å²) in [5.41, 5.74) is 5.78. The molecular weight excluding hydrogens is 348 g/mol. The maximum atomic E-state index is 12.7. The molecule has 1 aliphatic rings. The summed E-state index contributed by atoms with van der Waals surface area (Å²) in [6.45, 7) is 6.64. The molecule has 1 aliphatic carbocycles. The number of benzene rings is 1. The van der Waals surface area contributed by atoms with Crippen LogP contribution in [0.1, 0.15) is 48.7 Å². The van der Waals surface area contributed by atoms with Gasteiger partial charge in [-0.1, -0.05) is 32.0 Å². The average molecular weight is 377 g/mol. The molecular formula is C23H28N4O. The molecule has 4 rings (SSSR count). The number of nitrogens with one attached hydrogen (secondary N) is 1. The van der Waals surface area contributed by atoms with Crippen LogP contribution in [0.3, 0.4) is 0 Å². The highest BCUT2D eigenvalue weighted by atomic mass is 16.1. The fraction of sp³-hybridized carbons (Fsp3) is 0.391. The first-order valence-electron chi connectivity index (χ1n) is 9.85. The van der Waals surface area contributed by atoms with Crippen molar-refractivity contribution in [2.75, 3.05) is 0 Å². The maximum Gasteiger partial charge on any atom is 0.224 e. The predicted octanol–water partition coefficient (Wildman–Crippen LogP) is 3.89. The maximum absolute atomic E-state index is 12.7. The van der Waals surface area contributed by atoms with Gasteiger partial charge < -0.3 is 9.88 Å². The van der Waals surface area contributed by atoms with Gasteiger partial charge in [0.05, 0.1) is 30.0 Å². The van der Waals surface area contributed by atoms with Crippen molar-refractivity contribution < 1.29 is 4.79 Å². The summed E-state index contributed by atoms with van der Waals surface area (Å²) in [6, 6.07) is 10.3. The lowest BCUT2D eigenvalue weighted by Crippen LogP contribution is -2.37. The first-order chi connectivity index (χ1) is 13.3. The van der Waals surface area contributed by atoms with Gasteiger partial charge in [-0.05, 0) is 48.4 Å². The van der Waals surface area contributed by atoms with E-state index in [0.29, 0.717) is 6.42 Å². The quantitative estimate of drug-likeness (QED) is 0.751. The molecule has 1 aromatic carbocycles. The smallest absolute Gasteiger partial charge is 0.224 e. The van der Waals surface area contributed by atoms with Gasteiger partial charge in [-0.2, -0.15) is 5.10 Å². The van der Waals surface area contributed by atoms with Crippen molar-refractivity contribution in [3.05, 3.63) is 71.3 Å². The average Bonchev–Trinajstić information content (AvgIpc) is 3.20. The number of fused-ring (bicyclic) bond motifs is 1. The second-order valence-corrected chi connectivity index (χ2v) is 8.77. The molecule has 28 heavy (non-hydrogen) atoms. The monoisotopic (exact) mass is 376 g/mol. The molecule has 0 saturated heterocycles. The number of hydrogen-bond donors (Lipinski definition) is 1. The molecule has 0 aliphatic heterocycles. The van der Waals surface area contributed by atoms with Crippen LogP contribution in [-0.4, -0.2) is 20.3 Å². The molecule has 1 N–H and O–H groups in total. The lowest BCUT2D eigenvalue weighted by Gasteiger charge is -2.36. The van der Waals surface area contributed by atoms with Crippen molar-refractivity contribution in [2.24, 2.45) is 12.5 Å². The molecule has 0 fully saturated rings. The molecule has 0 saturated carbocycles. The van der Waals surface area contributed by atoms with E-state index in [4.69, 9.17) is 5.10 Å². The fourth-order valence-electron chi connectivity index (χ4n) is 4.28. The van der Waals surface area contributed by atoms with Crippen molar-refractivity contribution >= 4 is 5.91 Å². The van der Waals surface area contributed by atoms with Crippen molar-refractivity contribution in [1.82, 2.24) is 19.7 Å². The minimum absolute atomic E-state index is 0.00673. The molecule has 1 amide bonds. The fourth-order valence-corrected chi connectivity index (χ4v) is 4.28. The summed E-state index contributed by atoms with van der Waals surface area (Å²) in [7, 11) is 1.97. The number of nitrogens with zero attached hydrogens (tertiary/aromatic N) is 3. The summed E-state index contributed by atoms with van der Waals surface area (Å²) in [6.07, 6.45) is 8.16. The number of para-hydroxylation sites is 1. The number of aryl methyl sites for hydroxylation is 2. The topological polar surface area (TPSA) is 51.9 Å². The largest absolute Gasteiger partial charge is 0.357 e. The van der Waals surface area contributed by atoms with E-state index in [-0.39, 0.29) is 17.4 Å². The molecule has 1 unspecified atom stereocenters. The number of amides is 1. The Morgan fingerprint density at radius 3 is 2.79 bits per heavy atom. The molecule has 5 nitrogen and oxygen atoms in total. The third-order valence-corrected chi connectivity index (χ3v) is 5.62. The van der Waals surface area contributed by atoms with Crippen LogP contribution < -0.4 is 5.32 Å². The van der Waals surface area contributed by atoms with E-state index in [9.17, 15) is 4.79 Å². The SMILES string of the molecule is Cc1ccccc1-n1ncc2c1CC(C)(C)CC2NC(=O)Cc1ccn(C)c1. The zero-order valence-corrected chi connectivity index (χ0v) is 17.1. The minimum Gasteiger partial charge on any atom is -0.357 e. The summed E-state index contributed by atoms with van der Waals surface area (Å²) in [5.74, 6) is 0.0588. The summed E-state index contributed by atoms with van der Waals surface area (Å²) in [5, 5.41) is 7.97. The molecule has 146 valence electrons. The van der Waals surface area contributed by atoms with E-state index in [2.05, 4.69) is 42.9 Å². The van der Waals surface area contributed by atoms with Crippen molar-refractivity contribution in [2.45, 2.75) is 46.1 Å². The molecule has 0 bridgehead atoms. The van der Waals surface area contributed by atoms with Crippen LogP contribution >= 0.6 is 0 Å². The first-order valence-corrected chi connectivity index (χ1v) is 9.85. The van der Waals surface area contributed by atoms with Gasteiger partial charge in [0.15, 0.2) is 0 Å². The Hall–Kier alpha value is -2.82. The van der Waals surface area contributed by atoms with Gasteiger partial charge in [0.2, 0.25) is 5.91 Å². The number of carbonyl (C=O) groups excluding carboxylic acids is 1. The molecule has 5 heteroatoms. The Bertz CT molecular complexity index is 1010. The van der Waals surface area contributed by atoms with Gasteiger partial charge in [-0.3, -0.25) is 4.79 Å². The number of hydrogen-bond acceptors (Lipinski definition) is 2. The van der Waals surface area contributed by atoms with Gasteiger partial charge in [-0.25, -0.2) is 4.68 Å².